The van der Waals surface area contributed by atoms with Gasteiger partial charge in [-0.05, 0) is 43.9 Å². The van der Waals surface area contributed by atoms with Gasteiger partial charge in [0.05, 0.1) is 11.8 Å². The minimum absolute atomic E-state index is 0.347. The minimum atomic E-state index is -1.06. The molecule has 1 aliphatic heterocycles. The van der Waals surface area contributed by atoms with Crippen molar-refractivity contribution in [3.63, 3.8) is 0 Å². The highest BCUT2D eigenvalue weighted by molar-refractivity contribution is 6.30. The van der Waals surface area contributed by atoms with Crippen LogP contribution in [0.25, 0.3) is 0 Å². The highest BCUT2D eigenvalue weighted by Crippen LogP contribution is 2.36. The number of fused-ring (bicyclic) bond motifs is 1. The van der Waals surface area contributed by atoms with Crippen LogP contribution in [0.1, 0.15) is 25.3 Å². The fraction of sp³-hybridized carbons (Fsp3) is 0.429. The lowest BCUT2D eigenvalue weighted by Gasteiger charge is -2.21. The van der Waals surface area contributed by atoms with Crippen LogP contribution in [0.4, 0.5) is 0 Å². The molecule has 1 fully saturated rings. The average molecular weight is 419 g/mol. The van der Waals surface area contributed by atoms with Gasteiger partial charge in [-0.1, -0.05) is 35.9 Å². The molecule has 0 radical (unpaired) electrons. The van der Waals surface area contributed by atoms with E-state index in [1.165, 1.54) is 6.92 Å². The molecule has 1 aliphatic carbocycles. The van der Waals surface area contributed by atoms with Crippen molar-refractivity contribution in [1.29, 1.82) is 0 Å². The third kappa shape index (κ3) is 4.85. The predicted molar refractivity (Wildman–Crippen MR) is 106 cm³/mol. The van der Waals surface area contributed by atoms with Crippen molar-refractivity contribution >= 4 is 35.3 Å². The second-order valence-corrected chi connectivity index (χ2v) is 7.65. The van der Waals surface area contributed by atoms with E-state index in [1.54, 1.807) is 6.07 Å². The highest BCUT2D eigenvalue weighted by Gasteiger charge is 2.50. The number of carbonyl (C=O) groups is 4. The van der Waals surface area contributed by atoms with Crippen molar-refractivity contribution in [2.75, 3.05) is 13.2 Å². The Kier molecular flexibility index (Phi) is 6.69. The molecule has 1 heterocycles. The second kappa shape index (κ2) is 9.22. The zero-order valence-electron chi connectivity index (χ0n) is 16.1. The predicted octanol–water partition coefficient (Wildman–Crippen LogP) is 1.88. The molecule has 1 aromatic carbocycles. The Labute approximate surface area is 174 Å². The van der Waals surface area contributed by atoms with E-state index in [9.17, 15) is 19.2 Å². The third-order valence-corrected chi connectivity index (χ3v) is 5.48. The van der Waals surface area contributed by atoms with Crippen LogP contribution in [0, 0.1) is 11.8 Å². The summed E-state index contributed by atoms with van der Waals surface area (Å²) >= 11 is 5.91. The molecule has 3 amide bonds. The molecule has 3 atom stereocenters. The van der Waals surface area contributed by atoms with E-state index in [0.29, 0.717) is 30.8 Å². The van der Waals surface area contributed by atoms with E-state index in [-0.39, 0.29) is 11.8 Å². The van der Waals surface area contributed by atoms with Crippen LogP contribution in [0.15, 0.2) is 36.4 Å². The number of halogens is 1. The lowest BCUT2D eigenvalue weighted by atomic mass is 9.85. The summed E-state index contributed by atoms with van der Waals surface area (Å²) in [6.45, 7) is 1.34. The largest absolute Gasteiger partial charge is 0.454 e. The fourth-order valence-electron chi connectivity index (χ4n) is 3.66. The quantitative estimate of drug-likeness (QED) is 0.414. The summed E-state index contributed by atoms with van der Waals surface area (Å²) in [5.41, 5.74) is 0.977. The smallest absolute Gasteiger partial charge is 0.329 e. The Morgan fingerprint density at radius 2 is 1.86 bits per heavy atom. The number of ether oxygens (including phenoxy) is 1. The van der Waals surface area contributed by atoms with Crippen molar-refractivity contribution in [1.82, 2.24) is 10.2 Å². The standard InChI is InChI=1S/C21H23ClN2O5/c1-13(24-19(26)16-7-2-3-8-17(16)20(24)27)21(28)29-12-18(25)23-10-9-14-5-4-6-15(22)11-14/h2-6,11,13,16-17H,7-10,12H2,1H3,(H,23,25)/t13-,16+,17+/m0/s1. The number of carbonyl (C=O) groups excluding carboxylic acids is 4. The van der Waals surface area contributed by atoms with Gasteiger partial charge in [0.15, 0.2) is 6.61 Å². The first kappa shape index (κ1) is 21.0. The molecule has 7 nitrogen and oxygen atoms in total. The Bertz CT molecular complexity index is 827. The first-order valence-corrected chi connectivity index (χ1v) is 9.96. The summed E-state index contributed by atoms with van der Waals surface area (Å²) in [7, 11) is 0. The number of hydrogen-bond acceptors (Lipinski definition) is 5. The summed E-state index contributed by atoms with van der Waals surface area (Å²) < 4.78 is 5.02. The molecule has 2 aliphatic rings. The van der Waals surface area contributed by atoms with E-state index >= 15 is 0 Å². The molecular formula is C21H23ClN2O5. The molecule has 1 saturated heterocycles. The van der Waals surface area contributed by atoms with Crippen molar-refractivity contribution < 1.29 is 23.9 Å². The second-order valence-electron chi connectivity index (χ2n) is 7.22. The zero-order valence-corrected chi connectivity index (χ0v) is 16.9. The number of allylic oxidation sites excluding steroid dienone is 2. The van der Waals surface area contributed by atoms with Crippen molar-refractivity contribution in [2.24, 2.45) is 11.8 Å². The van der Waals surface area contributed by atoms with Gasteiger partial charge in [0.2, 0.25) is 11.8 Å². The van der Waals surface area contributed by atoms with E-state index in [1.807, 2.05) is 30.4 Å². The van der Waals surface area contributed by atoms with Gasteiger partial charge in [-0.3, -0.25) is 19.3 Å². The SMILES string of the molecule is C[C@@H](C(=O)OCC(=O)NCCc1cccc(Cl)c1)N1C(=O)[C@@H]2CC=CC[C@H]2C1=O. The molecule has 0 unspecified atom stereocenters. The maximum Gasteiger partial charge on any atom is 0.329 e. The Balaban J connectivity index is 1.44. The van der Waals surface area contributed by atoms with Crippen molar-refractivity contribution in [3.05, 3.63) is 47.0 Å². The molecule has 0 bridgehead atoms. The number of nitrogens with zero attached hydrogens (tertiary/aromatic N) is 1. The van der Waals surface area contributed by atoms with Gasteiger partial charge in [0, 0.05) is 11.6 Å². The molecule has 154 valence electrons. The van der Waals surface area contributed by atoms with Crippen LogP contribution in [-0.4, -0.2) is 47.8 Å². The van der Waals surface area contributed by atoms with Gasteiger partial charge in [0.25, 0.3) is 5.91 Å². The summed E-state index contributed by atoms with van der Waals surface area (Å²) in [5.74, 6) is -2.73. The molecule has 29 heavy (non-hydrogen) atoms. The van der Waals surface area contributed by atoms with Crippen LogP contribution in [0.3, 0.4) is 0 Å². The number of nitrogens with one attached hydrogen (secondary N) is 1. The van der Waals surface area contributed by atoms with E-state index in [2.05, 4.69) is 5.32 Å². The number of imide groups is 1. The number of benzene rings is 1. The summed E-state index contributed by atoms with van der Waals surface area (Å²) in [4.78, 5) is 50.2. The van der Waals surface area contributed by atoms with Crippen LogP contribution >= 0.6 is 11.6 Å². The van der Waals surface area contributed by atoms with Crippen LogP contribution in [0.2, 0.25) is 5.02 Å². The minimum Gasteiger partial charge on any atom is -0.454 e. The lowest BCUT2D eigenvalue weighted by Crippen LogP contribution is -2.45. The molecular weight excluding hydrogens is 396 g/mol. The first-order valence-electron chi connectivity index (χ1n) is 9.58. The van der Waals surface area contributed by atoms with Gasteiger partial charge < -0.3 is 10.1 Å². The Morgan fingerprint density at radius 3 is 2.48 bits per heavy atom. The maximum absolute atomic E-state index is 12.5. The average Bonchev–Trinajstić information content (AvgIpc) is 2.96. The molecule has 0 aromatic heterocycles. The van der Waals surface area contributed by atoms with Gasteiger partial charge >= 0.3 is 5.97 Å². The van der Waals surface area contributed by atoms with E-state index in [4.69, 9.17) is 16.3 Å². The Morgan fingerprint density at radius 1 is 1.21 bits per heavy atom. The topological polar surface area (TPSA) is 92.8 Å². The van der Waals surface area contributed by atoms with Gasteiger partial charge in [-0.15, -0.1) is 0 Å². The summed E-state index contributed by atoms with van der Waals surface area (Å²) in [6.07, 6.45) is 5.36. The van der Waals surface area contributed by atoms with Crippen LogP contribution in [-0.2, 0) is 30.3 Å². The normalized spacial score (nSPS) is 21.7. The monoisotopic (exact) mass is 418 g/mol. The summed E-state index contributed by atoms with van der Waals surface area (Å²) in [5, 5.41) is 3.28. The highest BCUT2D eigenvalue weighted by atomic mass is 35.5. The zero-order chi connectivity index (χ0) is 21.0. The Hall–Kier alpha value is -2.67. The van der Waals surface area contributed by atoms with Gasteiger partial charge in [-0.2, -0.15) is 0 Å². The van der Waals surface area contributed by atoms with E-state index in [0.717, 1.165) is 10.5 Å². The summed E-state index contributed by atoms with van der Waals surface area (Å²) in [6, 6.07) is 6.25. The molecule has 0 spiro atoms. The molecule has 3 rings (SSSR count). The van der Waals surface area contributed by atoms with Gasteiger partial charge in [0.1, 0.15) is 6.04 Å². The number of rotatable bonds is 7. The van der Waals surface area contributed by atoms with Crippen molar-refractivity contribution in [3.8, 4) is 0 Å². The van der Waals surface area contributed by atoms with Crippen LogP contribution < -0.4 is 5.32 Å². The molecule has 0 saturated carbocycles. The van der Waals surface area contributed by atoms with Crippen LogP contribution in [0.5, 0.6) is 0 Å². The first-order chi connectivity index (χ1) is 13.9. The van der Waals surface area contributed by atoms with Gasteiger partial charge in [-0.25, -0.2) is 4.79 Å². The fourth-order valence-corrected chi connectivity index (χ4v) is 3.87. The maximum atomic E-state index is 12.5. The number of hydrogen-bond donors (Lipinski definition) is 1. The number of amides is 3. The third-order valence-electron chi connectivity index (χ3n) is 5.24. The molecule has 1 aromatic rings. The number of esters is 1. The van der Waals surface area contributed by atoms with Crippen molar-refractivity contribution in [2.45, 2.75) is 32.2 Å². The lowest BCUT2D eigenvalue weighted by molar-refractivity contribution is -0.159. The molecule has 1 N–H and O–H groups in total. The number of likely N-dealkylation sites (tertiary alicyclic amines) is 1. The van der Waals surface area contributed by atoms with E-state index < -0.39 is 36.4 Å². The molecule has 8 heteroatoms.